The molecule has 3 atom stereocenters. The van der Waals surface area contributed by atoms with Gasteiger partial charge >= 0.3 is 6.03 Å². The van der Waals surface area contributed by atoms with Gasteiger partial charge < -0.3 is 20.3 Å². The topological polar surface area (TPSA) is 104 Å². The summed E-state index contributed by atoms with van der Waals surface area (Å²) in [5, 5.41) is 6.25. The highest BCUT2D eigenvalue weighted by Crippen LogP contribution is 2.51. The van der Waals surface area contributed by atoms with Gasteiger partial charge in [0.05, 0.1) is 17.4 Å². The second kappa shape index (κ2) is 10.6. The molecule has 202 valence electrons. The van der Waals surface area contributed by atoms with Crippen LogP contribution >= 0.6 is 11.8 Å². The highest BCUT2D eigenvalue weighted by Gasteiger charge is 2.47. The molecule has 1 saturated heterocycles. The summed E-state index contributed by atoms with van der Waals surface area (Å²) in [5.41, 5.74) is 3.09. The second-order valence-electron chi connectivity index (χ2n) is 9.96. The zero-order chi connectivity index (χ0) is 27.8. The van der Waals surface area contributed by atoms with E-state index in [1.54, 1.807) is 16.0 Å². The van der Waals surface area contributed by atoms with E-state index >= 15 is 0 Å². The Morgan fingerprint density at radius 2 is 1.98 bits per heavy atom. The number of terminal acetylenes is 1. The Morgan fingerprint density at radius 3 is 2.75 bits per heavy atom. The number of thioether (sulfide) groups is 1. The number of hydrogen-bond donors (Lipinski definition) is 2. The second-order valence-corrected chi connectivity index (χ2v) is 11.1. The van der Waals surface area contributed by atoms with E-state index in [0.717, 1.165) is 29.7 Å². The number of carbonyl (C=O) groups is 3. The van der Waals surface area contributed by atoms with Gasteiger partial charge in [-0.05, 0) is 67.6 Å². The van der Waals surface area contributed by atoms with Gasteiger partial charge in [0.15, 0.2) is 0 Å². The van der Waals surface area contributed by atoms with E-state index in [0.29, 0.717) is 35.2 Å². The van der Waals surface area contributed by atoms with E-state index in [4.69, 9.17) is 11.2 Å². The first kappa shape index (κ1) is 25.8. The number of aromatic nitrogens is 1. The van der Waals surface area contributed by atoms with Gasteiger partial charge in [0.2, 0.25) is 5.91 Å². The van der Waals surface area contributed by atoms with Gasteiger partial charge in [-0.1, -0.05) is 30.0 Å². The van der Waals surface area contributed by atoms with E-state index in [1.807, 2.05) is 61.5 Å². The lowest BCUT2D eigenvalue weighted by Crippen LogP contribution is -2.53. The Kier molecular flexibility index (Phi) is 6.82. The number of ether oxygens (including phenoxy) is 1. The van der Waals surface area contributed by atoms with E-state index in [-0.39, 0.29) is 23.9 Å². The van der Waals surface area contributed by atoms with Gasteiger partial charge in [-0.25, -0.2) is 9.78 Å². The zero-order valence-corrected chi connectivity index (χ0v) is 22.6. The Hall–Kier alpha value is -4.49. The molecule has 2 unspecified atom stereocenters. The molecular formula is C30H27N5O4S. The molecule has 0 radical (unpaired) electrons. The summed E-state index contributed by atoms with van der Waals surface area (Å²) in [7, 11) is 0. The number of nitrogens with one attached hydrogen (secondary N) is 2. The van der Waals surface area contributed by atoms with Crippen LogP contribution in [0.25, 0.3) is 0 Å². The molecule has 0 aliphatic carbocycles. The smallest absolute Gasteiger partial charge is 0.327 e. The summed E-state index contributed by atoms with van der Waals surface area (Å²) in [4.78, 5) is 46.7. The van der Waals surface area contributed by atoms with Crippen molar-refractivity contribution in [1.29, 1.82) is 0 Å². The largest absolute Gasteiger partial charge is 0.457 e. The summed E-state index contributed by atoms with van der Waals surface area (Å²) in [6, 6.07) is 15.9. The molecule has 4 heterocycles. The number of urea groups is 1. The van der Waals surface area contributed by atoms with Gasteiger partial charge in [-0.15, -0.1) is 6.42 Å². The first-order valence-electron chi connectivity index (χ1n) is 13.1. The van der Waals surface area contributed by atoms with Crippen LogP contribution in [0.5, 0.6) is 11.5 Å². The van der Waals surface area contributed by atoms with Crippen molar-refractivity contribution < 1.29 is 19.1 Å². The quantitative estimate of drug-likeness (QED) is 0.457. The Balaban J connectivity index is 1.23. The van der Waals surface area contributed by atoms with Gasteiger partial charge in [-0.3, -0.25) is 14.5 Å². The van der Waals surface area contributed by atoms with Crippen LogP contribution in [0.15, 0.2) is 65.8 Å². The Labute approximate surface area is 236 Å². The monoisotopic (exact) mass is 553 g/mol. The Morgan fingerprint density at radius 1 is 1.15 bits per heavy atom. The van der Waals surface area contributed by atoms with Gasteiger partial charge in [0, 0.05) is 30.9 Å². The normalized spacial score (nSPS) is 21.2. The number of carbonyl (C=O) groups excluding carboxylic acids is 3. The average molecular weight is 554 g/mol. The molecule has 3 aliphatic rings. The van der Waals surface area contributed by atoms with Crippen molar-refractivity contribution in [1.82, 2.24) is 20.5 Å². The van der Waals surface area contributed by atoms with E-state index < -0.39 is 11.3 Å². The number of rotatable bonds is 5. The molecule has 3 aliphatic heterocycles. The molecule has 0 bridgehead atoms. The molecule has 6 rings (SSSR count). The van der Waals surface area contributed by atoms with Crippen LogP contribution in [0.4, 0.5) is 16.2 Å². The average Bonchev–Trinajstić information content (AvgIpc) is 3.33. The molecule has 40 heavy (non-hydrogen) atoms. The third-order valence-electron chi connectivity index (χ3n) is 7.33. The molecule has 9 nitrogen and oxygen atoms in total. The maximum absolute atomic E-state index is 13.5. The maximum atomic E-state index is 13.5. The van der Waals surface area contributed by atoms with Crippen LogP contribution in [0, 0.1) is 19.3 Å². The van der Waals surface area contributed by atoms with Crippen molar-refractivity contribution in [2.45, 2.75) is 42.1 Å². The number of hydrogen-bond acceptors (Lipinski definition) is 6. The highest BCUT2D eigenvalue weighted by atomic mass is 32.2. The number of anilines is 2. The number of piperidine rings is 1. The number of amides is 4. The van der Waals surface area contributed by atoms with Crippen LogP contribution in [0.1, 0.15) is 30.0 Å². The van der Waals surface area contributed by atoms with Crippen LogP contribution < -0.4 is 20.3 Å². The molecule has 3 aromatic rings. The van der Waals surface area contributed by atoms with Gasteiger partial charge in [0.1, 0.15) is 21.8 Å². The summed E-state index contributed by atoms with van der Waals surface area (Å²) < 4.78 is 5.96. The molecule has 2 aromatic carbocycles. The first-order valence-corrected chi connectivity index (χ1v) is 14.0. The Bertz CT molecular complexity index is 1540. The molecule has 1 aromatic heterocycles. The van der Waals surface area contributed by atoms with E-state index in [2.05, 4.69) is 21.5 Å². The highest BCUT2D eigenvalue weighted by molar-refractivity contribution is 8.01. The summed E-state index contributed by atoms with van der Waals surface area (Å²) >= 11 is 1.34. The molecule has 4 amide bonds. The number of para-hydroxylation sites is 1. The third kappa shape index (κ3) is 4.73. The number of aryl methyl sites for hydroxylation is 1. The fourth-order valence-electron chi connectivity index (χ4n) is 5.49. The van der Waals surface area contributed by atoms with Crippen LogP contribution in [0.2, 0.25) is 0 Å². The standard InChI is InChI=1S/C30H27N5O4S/c1-3-24(36)34-15-7-8-19(17-34)32-28(37)27-26-25-23(13-14-31-29(25)40-27)35(30(38)33-26)22-12-11-21(16-18(22)2)39-20-9-5-4-6-10-20/h1,4-6,9-14,16,19,26-27H,7-8,15,17H2,2H3,(H,32,37)(H,33,38)/t19?,26?,27-/m1/s1. The molecular weight excluding hydrogens is 526 g/mol. The van der Waals surface area contributed by atoms with E-state index in [9.17, 15) is 14.4 Å². The number of benzene rings is 2. The fraction of sp³-hybridized carbons (Fsp3) is 0.267. The predicted octanol–water partition coefficient (Wildman–Crippen LogP) is 4.30. The molecule has 2 N–H and O–H groups in total. The van der Waals surface area contributed by atoms with Crippen molar-refractivity contribution in [3.63, 3.8) is 0 Å². The van der Waals surface area contributed by atoms with Crippen molar-refractivity contribution >= 4 is 41.0 Å². The molecule has 0 spiro atoms. The molecule has 0 saturated carbocycles. The van der Waals surface area contributed by atoms with Crippen molar-refractivity contribution in [3.05, 3.63) is 71.9 Å². The van der Waals surface area contributed by atoms with Crippen LogP contribution in [-0.2, 0) is 9.59 Å². The number of nitrogens with zero attached hydrogens (tertiary/aromatic N) is 3. The van der Waals surface area contributed by atoms with Crippen LogP contribution in [0.3, 0.4) is 0 Å². The summed E-state index contributed by atoms with van der Waals surface area (Å²) in [6.45, 7) is 2.88. The van der Waals surface area contributed by atoms with E-state index in [1.165, 1.54) is 11.8 Å². The fourth-order valence-corrected chi connectivity index (χ4v) is 6.72. The van der Waals surface area contributed by atoms with Crippen molar-refractivity contribution in [2.24, 2.45) is 0 Å². The minimum atomic E-state index is -0.587. The first-order chi connectivity index (χ1) is 19.4. The van der Waals surface area contributed by atoms with Crippen LogP contribution in [-0.4, -0.2) is 52.1 Å². The lowest BCUT2D eigenvalue weighted by molar-refractivity contribution is -0.128. The lowest BCUT2D eigenvalue weighted by atomic mass is 9.98. The van der Waals surface area contributed by atoms with Gasteiger partial charge in [0.25, 0.3) is 5.91 Å². The SMILES string of the molecule is C#CC(=O)N1CCCC(NC(=O)[C@@H]2Sc3nccc4c3C2NC(=O)N4c2ccc(Oc3ccccc3)cc2C)C1. The minimum absolute atomic E-state index is 0.202. The molecule has 1 fully saturated rings. The predicted molar refractivity (Wildman–Crippen MR) is 152 cm³/mol. The van der Waals surface area contributed by atoms with Gasteiger partial charge in [-0.2, -0.15) is 0 Å². The summed E-state index contributed by atoms with van der Waals surface area (Å²) in [6.07, 6.45) is 8.45. The van der Waals surface area contributed by atoms with Crippen molar-refractivity contribution in [2.75, 3.05) is 18.0 Å². The summed E-state index contributed by atoms with van der Waals surface area (Å²) in [5.74, 6) is 2.97. The zero-order valence-electron chi connectivity index (χ0n) is 21.8. The third-order valence-corrected chi connectivity index (χ3v) is 8.62. The maximum Gasteiger partial charge on any atom is 0.327 e. The minimum Gasteiger partial charge on any atom is -0.457 e. The molecule has 10 heteroatoms. The van der Waals surface area contributed by atoms with Crippen molar-refractivity contribution in [3.8, 4) is 23.8 Å². The number of pyridine rings is 1. The number of likely N-dealkylation sites (tertiary alicyclic amines) is 1. The lowest BCUT2D eigenvalue weighted by Gasteiger charge is -2.36.